The lowest BCUT2D eigenvalue weighted by molar-refractivity contribution is -0.139. The van der Waals surface area contributed by atoms with Gasteiger partial charge in [0.1, 0.15) is 11.9 Å². The predicted molar refractivity (Wildman–Crippen MR) is 112 cm³/mol. The Labute approximate surface area is 176 Å². The Kier molecular flexibility index (Phi) is 6.18. The van der Waals surface area contributed by atoms with E-state index in [1.54, 1.807) is 6.20 Å². The van der Waals surface area contributed by atoms with E-state index < -0.39 is 0 Å². The van der Waals surface area contributed by atoms with E-state index in [0.29, 0.717) is 32.5 Å². The minimum atomic E-state index is -0.244. The zero-order chi connectivity index (χ0) is 20.9. The van der Waals surface area contributed by atoms with Crippen LogP contribution in [0.15, 0.2) is 47.2 Å². The number of aromatic nitrogens is 3. The summed E-state index contributed by atoms with van der Waals surface area (Å²) in [5, 5.41) is 4.08. The summed E-state index contributed by atoms with van der Waals surface area (Å²) in [5.41, 5.74) is 4.49. The Morgan fingerprint density at radius 1 is 1.27 bits per heavy atom. The molecule has 1 fully saturated rings. The van der Waals surface area contributed by atoms with Crippen molar-refractivity contribution in [1.82, 2.24) is 20.0 Å². The monoisotopic (exact) mass is 406 g/mol. The highest BCUT2D eigenvalue weighted by molar-refractivity contribution is 5.76. The van der Waals surface area contributed by atoms with Crippen molar-refractivity contribution in [2.24, 2.45) is 0 Å². The van der Waals surface area contributed by atoms with Gasteiger partial charge in [0.25, 0.3) is 0 Å². The minimum Gasteiger partial charge on any atom is -0.368 e. The van der Waals surface area contributed by atoms with Crippen LogP contribution in [0.25, 0.3) is 11.3 Å². The maximum Gasteiger partial charge on any atom is 0.223 e. The second-order valence-corrected chi connectivity index (χ2v) is 7.43. The van der Waals surface area contributed by atoms with Gasteiger partial charge in [0, 0.05) is 31.8 Å². The third-order valence-electron chi connectivity index (χ3n) is 5.38. The maximum absolute atomic E-state index is 12.7. The van der Waals surface area contributed by atoms with Gasteiger partial charge in [-0.2, -0.15) is 0 Å². The molecule has 1 amide bonds. The second kappa shape index (κ2) is 9.17. The van der Waals surface area contributed by atoms with Crippen LogP contribution in [0.5, 0.6) is 0 Å². The number of carbonyl (C=O) groups is 1. The highest BCUT2D eigenvalue weighted by Gasteiger charge is 2.27. The number of hydrogen-bond donors (Lipinski definition) is 0. The molecule has 4 rings (SSSR count). The van der Waals surface area contributed by atoms with E-state index >= 15 is 0 Å². The number of amides is 1. The molecule has 0 aliphatic carbocycles. The zero-order valence-corrected chi connectivity index (χ0v) is 17.4. The van der Waals surface area contributed by atoms with Gasteiger partial charge >= 0.3 is 0 Å². The number of morpholine rings is 1. The number of nitrogens with zero attached hydrogens (tertiary/aromatic N) is 4. The molecule has 1 saturated heterocycles. The second-order valence-electron chi connectivity index (χ2n) is 7.43. The lowest BCUT2D eigenvalue weighted by Crippen LogP contribution is -2.42. The standard InChI is InChI=1S/C23H26N4O3/c1-3-20-23(16(2)26-30-20)19-8-4-7-18(25-19)21-15-27(12-13-29-21)22(28)10-9-17-6-5-11-24-14-17/h4-8,11,14,21H,3,9-10,12-13,15H2,1-2H3/t21-/m0/s1. The molecule has 3 aromatic rings. The summed E-state index contributed by atoms with van der Waals surface area (Å²) in [6.07, 6.45) is 5.21. The maximum atomic E-state index is 12.7. The molecule has 0 spiro atoms. The molecule has 0 aromatic carbocycles. The average Bonchev–Trinajstić information content (AvgIpc) is 3.19. The Hall–Kier alpha value is -3.06. The van der Waals surface area contributed by atoms with Crippen molar-refractivity contribution >= 4 is 5.91 Å². The molecule has 3 aromatic heterocycles. The summed E-state index contributed by atoms with van der Waals surface area (Å²) in [6, 6.07) is 9.77. The van der Waals surface area contributed by atoms with Gasteiger partial charge in [0.15, 0.2) is 0 Å². The van der Waals surface area contributed by atoms with Crippen LogP contribution >= 0.6 is 0 Å². The molecule has 4 heterocycles. The number of rotatable bonds is 6. The van der Waals surface area contributed by atoms with Crippen molar-refractivity contribution in [3.05, 3.63) is 65.4 Å². The summed E-state index contributed by atoms with van der Waals surface area (Å²) in [5.74, 6) is 0.959. The SMILES string of the molecule is CCc1onc(C)c1-c1cccc([C@@H]2CN(C(=O)CCc3cccnc3)CCO2)n1. The lowest BCUT2D eigenvalue weighted by atomic mass is 10.1. The average molecular weight is 406 g/mol. The van der Waals surface area contributed by atoms with E-state index in [1.807, 2.05) is 55.3 Å². The highest BCUT2D eigenvalue weighted by atomic mass is 16.5. The van der Waals surface area contributed by atoms with Gasteiger partial charge < -0.3 is 14.2 Å². The number of carbonyl (C=O) groups excluding carboxylic acids is 1. The number of pyridine rings is 2. The number of ether oxygens (including phenoxy) is 1. The summed E-state index contributed by atoms with van der Waals surface area (Å²) in [7, 11) is 0. The Morgan fingerprint density at radius 3 is 2.97 bits per heavy atom. The summed E-state index contributed by atoms with van der Waals surface area (Å²) in [4.78, 5) is 23.5. The molecule has 1 aliphatic rings. The first-order valence-electron chi connectivity index (χ1n) is 10.4. The summed E-state index contributed by atoms with van der Waals surface area (Å²) < 4.78 is 11.4. The Bertz CT molecular complexity index is 1000. The van der Waals surface area contributed by atoms with Crippen molar-refractivity contribution in [3.63, 3.8) is 0 Å². The smallest absolute Gasteiger partial charge is 0.223 e. The van der Waals surface area contributed by atoms with Crippen LogP contribution in [0, 0.1) is 6.92 Å². The van der Waals surface area contributed by atoms with E-state index in [0.717, 1.165) is 40.4 Å². The molecule has 30 heavy (non-hydrogen) atoms. The Balaban J connectivity index is 1.45. The zero-order valence-electron chi connectivity index (χ0n) is 17.4. The molecule has 0 N–H and O–H groups in total. The van der Waals surface area contributed by atoms with Gasteiger partial charge in [0.05, 0.1) is 35.8 Å². The van der Waals surface area contributed by atoms with Crippen molar-refractivity contribution in [1.29, 1.82) is 0 Å². The first-order chi connectivity index (χ1) is 14.7. The number of aryl methyl sites for hydroxylation is 3. The molecular weight excluding hydrogens is 380 g/mol. The van der Waals surface area contributed by atoms with Crippen molar-refractivity contribution in [2.45, 2.75) is 39.2 Å². The third-order valence-corrected chi connectivity index (χ3v) is 5.38. The van der Waals surface area contributed by atoms with Crippen LogP contribution in [0.4, 0.5) is 0 Å². The fraction of sp³-hybridized carbons (Fsp3) is 0.391. The summed E-state index contributed by atoms with van der Waals surface area (Å²) >= 11 is 0. The van der Waals surface area contributed by atoms with E-state index in [1.165, 1.54) is 0 Å². The molecule has 1 atom stereocenters. The molecule has 1 aliphatic heterocycles. The van der Waals surface area contributed by atoms with Gasteiger partial charge in [-0.1, -0.05) is 24.2 Å². The Morgan fingerprint density at radius 2 is 2.17 bits per heavy atom. The normalized spacial score (nSPS) is 16.6. The fourth-order valence-corrected chi connectivity index (χ4v) is 3.77. The van der Waals surface area contributed by atoms with Crippen molar-refractivity contribution < 1.29 is 14.1 Å². The van der Waals surface area contributed by atoms with Crippen LogP contribution in [-0.2, 0) is 22.4 Å². The summed E-state index contributed by atoms with van der Waals surface area (Å²) in [6.45, 7) is 5.57. The van der Waals surface area contributed by atoms with E-state index in [-0.39, 0.29) is 12.0 Å². The number of hydrogen-bond acceptors (Lipinski definition) is 6. The molecule has 156 valence electrons. The van der Waals surface area contributed by atoms with Gasteiger partial charge in [0.2, 0.25) is 5.91 Å². The van der Waals surface area contributed by atoms with E-state index in [9.17, 15) is 4.79 Å². The molecule has 0 saturated carbocycles. The van der Waals surface area contributed by atoms with Crippen molar-refractivity contribution in [2.75, 3.05) is 19.7 Å². The molecule has 0 radical (unpaired) electrons. The highest BCUT2D eigenvalue weighted by Crippen LogP contribution is 2.29. The van der Waals surface area contributed by atoms with Crippen LogP contribution in [0.3, 0.4) is 0 Å². The molecule has 0 unspecified atom stereocenters. The largest absolute Gasteiger partial charge is 0.368 e. The predicted octanol–water partition coefficient (Wildman–Crippen LogP) is 3.54. The van der Waals surface area contributed by atoms with Crippen molar-refractivity contribution in [3.8, 4) is 11.3 Å². The first kappa shape index (κ1) is 20.2. The molecular formula is C23H26N4O3. The van der Waals surface area contributed by atoms with E-state index in [4.69, 9.17) is 14.2 Å². The fourth-order valence-electron chi connectivity index (χ4n) is 3.77. The van der Waals surface area contributed by atoms with Crippen LogP contribution in [0.2, 0.25) is 0 Å². The quantitative estimate of drug-likeness (QED) is 0.623. The molecule has 7 heteroatoms. The van der Waals surface area contributed by atoms with Gasteiger partial charge in [-0.05, 0) is 37.1 Å². The first-order valence-corrected chi connectivity index (χ1v) is 10.4. The van der Waals surface area contributed by atoms with Crippen LogP contribution < -0.4 is 0 Å². The van der Waals surface area contributed by atoms with Crippen LogP contribution in [-0.4, -0.2) is 45.6 Å². The molecule has 0 bridgehead atoms. The molecule has 7 nitrogen and oxygen atoms in total. The third kappa shape index (κ3) is 4.41. The van der Waals surface area contributed by atoms with E-state index in [2.05, 4.69) is 10.1 Å². The van der Waals surface area contributed by atoms with Gasteiger partial charge in [-0.25, -0.2) is 4.98 Å². The topological polar surface area (TPSA) is 81.4 Å². The van der Waals surface area contributed by atoms with Gasteiger partial charge in [-0.3, -0.25) is 9.78 Å². The lowest BCUT2D eigenvalue weighted by Gasteiger charge is -2.33. The van der Waals surface area contributed by atoms with Crippen LogP contribution in [0.1, 0.15) is 42.2 Å². The minimum absolute atomic E-state index is 0.131. The van der Waals surface area contributed by atoms with Gasteiger partial charge in [-0.15, -0.1) is 0 Å².